The molecule has 4 rings (SSSR count). The summed E-state index contributed by atoms with van der Waals surface area (Å²) in [5.41, 5.74) is 3.07. The molecule has 2 aliphatic heterocycles. The van der Waals surface area contributed by atoms with Crippen molar-refractivity contribution in [3.63, 3.8) is 0 Å². The summed E-state index contributed by atoms with van der Waals surface area (Å²) in [6.07, 6.45) is 2.50. The van der Waals surface area contributed by atoms with Crippen LogP contribution in [-0.4, -0.2) is 37.1 Å². The monoisotopic (exact) mass is 272 g/mol. The standard InChI is InChI=1S/C16H20N2S/c1-2-6-17-7-8-18-13(10-17)9-12-11-19-15-5-3-4-14(18)16(12)15/h3-5,11,13H,2,6-10H2,1H3. The lowest BCUT2D eigenvalue weighted by Gasteiger charge is -2.45. The van der Waals surface area contributed by atoms with E-state index < -0.39 is 0 Å². The summed E-state index contributed by atoms with van der Waals surface area (Å²) < 4.78 is 1.46. The van der Waals surface area contributed by atoms with Crippen LogP contribution in [0.2, 0.25) is 0 Å². The topological polar surface area (TPSA) is 6.48 Å². The van der Waals surface area contributed by atoms with E-state index in [1.165, 1.54) is 54.8 Å². The van der Waals surface area contributed by atoms with E-state index in [1.54, 1.807) is 5.56 Å². The first kappa shape index (κ1) is 11.7. The number of benzene rings is 1. The maximum absolute atomic E-state index is 2.66. The molecule has 2 aliphatic rings. The van der Waals surface area contributed by atoms with Gasteiger partial charge in [-0.3, -0.25) is 4.90 Å². The first-order valence-corrected chi connectivity index (χ1v) is 8.23. The van der Waals surface area contributed by atoms with Gasteiger partial charge < -0.3 is 4.90 Å². The predicted molar refractivity (Wildman–Crippen MR) is 83.4 cm³/mol. The van der Waals surface area contributed by atoms with Gasteiger partial charge in [-0.15, -0.1) is 11.3 Å². The van der Waals surface area contributed by atoms with Gasteiger partial charge in [0.1, 0.15) is 0 Å². The molecular formula is C16H20N2S. The van der Waals surface area contributed by atoms with Crippen LogP contribution in [0.5, 0.6) is 0 Å². The zero-order chi connectivity index (χ0) is 12.8. The van der Waals surface area contributed by atoms with Crippen molar-refractivity contribution in [1.82, 2.24) is 4.90 Å². The SMILES string of the molecule is CCCN1CCN2c3cccc4scc(c34)CC2C1. The number of piperazine rings is 1. The van der Waals surface area contributed by atoms with Crippen molar-refractivity contribution in [1.29, 1.82) is 0 Å². The summed E-state index contributed by atoms with van der Waals surface area (Å²) in [7, 11) is 0. The molecule has 0 amide bonds. The summed E-state index contributed by atoms with van der Waals surface area (Å²) in [6.45, 7) is 7.19. The number of anilines is 1. The molecular weight excluding hydrogens is 252 g/mol. The minimum absolute atomic E-state index is 0.688. The van der Waals surface area contributed by atoms with E-state index >= 15 is 0 Å². The Labute approximate surface area is 118 Å². The summed E-state index contributed by atoms with van der Waals surface area (Å²) in [4.78, 5) is 5.30. The largest absolute Gasteiger partial charge is 0.365 e. The van der Waals surface area contributed by atoms with Gasteiger partial charge in [0.05, 0.1) is 0 Å². The first-order valence-electron chi connectivity index (χ1n) is 7.35. The van der Waals surface area contributed by atoms with Crippen LogP contribution in [0.1, 0.15) is 18.9 Å². The van der Waals surface area contributed by atoms with Crippen LogP contribution in [0.3, 0.4) is 0 Å². The van der Waals surface area contributed by atoms with Crippen LogP contribution >= 0.6 is 11.3 Å². The highest BCUT2D eigenvalue weighted by molar-refractivity contribution is 7.17. The van der Waals surface area contributed by atoms with E-state index in [2.05, 4.69) is 40.3 Å². The molecule has 3 heterocycles. The van der Waals surface area contributed by atoms with Gasteiger partial charge in [-0.25, -0.2) is 0 Å². The van der Waals surface area contributed by atoms with E-state index in [1.807, 2.05) is 11.3 Å². The van der Waals surface area contributed by atoms with Crippen LogP contribution in [0, 0.1) is 0 Å². The average Bonchev–Trinajstić information content (AvgIpc) is 2.84. The third kappa shape index (κ3) is 1.79. The van der Waals surface area contributed by atoms with Crippen LogP contribution in [0.25, 0.3) is 10.1 Å². The molecule has 1 aromatic heterocycles. The van der Waals surface area contributed by atoms with E-state index in [0.717, 1.165) is 0 Å². The fourth-order valence-electron chi connectivity index (χ4n) is 3.71. The molecule has 0 bridgehead atoms. The fourth-order valence-corrected chi connectivity index (χ4v) is 4.70. The summed E-state index contributed by atoms with van der Waals surface area (Å²) in [5.74, 6) is 0. The molecule has 1 unspecified atom stereocenters. The molecule has 2 nitrogen and oxygen atoms in total. The lowest BCUT2D eigenvalue weighted by molar-refractivity contribution is 0.221. The van der Waals surface area contributed by atoms with Crippen molar-refractivity contribution in [3.05, 3.63) is 29.1 Å². The van der Waals surface area contributed by atoms with E-state index in [-0.39, 0.29) is 0 Å². The molecule has 1 saturated heterocycles. The van der Waals surface area contributed by atoms with E-state index in [9.17, 15) is 0 Å². The molecule has 19 heavy (non-hydrogen) atoms. The fraction of sp³-hybridized carbons (Fsp3) is 0.500. The van der Waals surface area contributed by atoms with Crippen molar-refractivity contribution in [2.75, 3.05) is 31.1 Å². The Morgan fingerprint density at radius 3 is 3.16 bits per heavy atom. The number of rotatable bonds is 2. The van der Waals surface area contributed by atoms with Gasteiger partial charge in [-0.05, 0) is 42.5 Å². The van der Waals surface area contributed by atoms with Crippen LogP contribution in [0.4, 0.5) is 5.69 Å². The highest BCUT2D eigenvalue weighted by Gasteiger charge is 2.32. The maximum atomic E-state index is 2.66. The summed E-state index contributed by atoms with van der Waals surface area (Å²) in [5, 5.41) is 3.91. The molecule has 2 aromatic rings. The quantitative estimate of drug-likeness (QED) is 0.827. The number of fused-ring (bicyclic) bond motifs is 2. The zero-order valence-corrected chi connectivity index (χ0v) is 12.2. The Morgan fingerprint density at radius 1 is 1.32 bits per heavy atom. The van der Waals surface area contributed by atoms with Crippen molar-refractivity contribution in [3.8, 4) is 0 Å². The molecule has 1 atom stereocenters. The average molecular weight is 272 g/mol. The van der Waals surface area contributed by atoms with Gasteiger partial charge in [0, 0.05) is 41.4 Å². The summed E-state index contributed by atoms with van der Waals surface area (Å²) in [6, 6.07) is 7.49. The molecule has 0 N–H and O–H groups in total. The molecule has 0 spiro atoms. The van der Waals surface area contributed by atoms with Gasteiger partial charge in [-0.1, -0.05) is 13.0 Å². The highest BCUT2D eigenvalue weighted by Crippen LogP contribution is 2.40. The minimum Gasteiger partial charge on any atom is -0.365 e. The predicted octanol–water partition coefficient (Wildman–Crippen LogP) is 3.36. The third-order valence-corrected chi connectivity index (χ3v) is 5.52. The van der Waals surface area contributed by atoms with Gasteiger partial charge >= 0.3 is 0 Å². The Balaban J connectivity index is 1.72. The smallest absolute Gasteiger partial charge is 0.0460 e. The Morgan fingerprint density at radius 2 is 2.26 bits per heavy atom. The van der Waals surface area contributed by atoms with E-state index in [4.69, 9.17) is 0 Å². The van der Waals surface area contributed by atoms with Crippen LogP contribution in [-0.2, 0) is 6.42 Å². The van der Waals surface area contributed by atoms with Crippen molar-refractivity contribution < 1.29 is 0 Å². The molecule has 0 radical (unpaired) electrons. The molecule has 0 aliphatic carbocycles. The normalized spacial score (nSPS) is 22.8. The Hall–Kier alpha value is -1.06. The lowest BCUT2D eigenvalue weighted by atomic mass is 9.94. The minimum atomic E-state index is 0.688. The van der Waals surface area contributed by atoms with Gasteiger partial charge in [-0.2, -0.15) is 0 Å². The van der Waals surface area contributed by atoms with Crippen LogP contribution < -0.4 is 4.90 Å². The lowest BCUT2D eigenvalue weighted by Crippen LogP contribution is -2.55. The second kappa shape index (κ2) is 4.50. The Bertz CT molecular complexity index is 604. The van der Waals surface area contributed by atoms with Crippen LogP contribution in [0.15, 0.2) is 23.6 Å². The third-order valence-electron chi connectivity index (χ3n) is 4.53. The van der Waals surface area contributed by atoms with Crippen molar-refractivity contribution >= 4 is 27.1 Å². The van der Waals surface area contributed by atoms with Crippen molar-refractivity contribution in [2.45, 2.75) is 25.8 Å². The number of hydrogen-bond acceptors (Lipinski definition) is 3. The second-order valence-corrected chi connectivity index (χ2v) is 6.67. The number of thiophene rings is 1. The van der Waals surface area contributed by atoms with Crippen molar-refractivity contribution in [2.24, 2.45) is 0 Å². The highest BCUT2D eigenvalue weighted by atomic mass is 32.1. The van der Waals surface area contributed by atoms with Gasteiger partial charge in [0.2, 0.25) is 0 Å². The molecule has 100 valence electrons. The molecule has 3 heteroatoms. The summed E-state index contributed by atoms with van der Waals surface area (Å²) >= 11 is 1.91. The van der Waals surface area contributed by atoms with Gasteiger partial charge in [0.25, 0.3) is 0 Å². The Kier molecular flexibility index (Phi) is 2.78. The van der Waals surface area contributed by atoms with Gasteiger partial charge in [0.15, 0.2) is 0 Å². The molecule has 1 fully saturated rings. The number of nitrogens with zero attached hydrogens (tertiary/aromatic N) is 2. The maximum Gasteiger partial charge on any atom is 0.0460 e. The van der Waals surface area contributed by atoms with E-state index in [0.29, 0.717) is 6.04 Å². The number of hydrogen-bond donors (Lipinski definition) is 0. The molecule has 0 saturated carbocycles. The first-order chi connectivity index (χ1) is 9.36. The zero-order valence-electron chi connectivity index (χ0n) is 11.4. The second-order valence-electron chi connectivity index (χ2n) is 5.76. The molecule has 1 aromatic carbocycles.